The van der Waals surface area contributed by atoms with E-state index in [-0.39, 0.29) is 5.91 Å². The summed E-state index contributed by atoms with van der Waals surface area (Å²) in [6.45, 7) is 2.63. The molecule has 0 spiro atoms. The van der Waals surface area contributed by atoms with E-state index < -0.39 is 6.03 Å². The van der Waals surface area contributed by atoms with E-state index in [2.05, 4.69) is 12.2 Å². The first-order valence-electron chi connectivity index (χ1n) is 7.94. The highest BCUT2D eigenvalue weighted by atomic mass is 16.3. The Morgan fingerprint density at radius 3 is 2.50 bits per heavy atom. The third-order valence-corrected chi connectivity index (χ3v) is 4.30. The summed E-state index contributed by atoms with van der Waals surface area (Å²) in [4.78, 5) is 24.9. The number of rotatable bonds is 5. The fourth-order valence-electron chi connectivity index (χ4n) is 2.76. The molecule has 2 atom stereocenters. The van der Waals surface area contributed by atoms with Gasteiger partial charge >= 0.3 is 6.03 Å². The first-order chi connectivity index (χ1) is 11.4. The van der Waals surface area contributed by atoms with Crippen molar-refractivity contribution in [1.29, 1.82) is 0 Å². The predicted octanol–water partition coefficient (Wildman–Crippen LogP) is 3.17. The van der Waals surface area contributed by atoms with E-state index >= 15 is 0 Å². The summed E-state index contributed by atoms with van der Waals surface area (Å²) in [6.07, 6.45) is 1.17. The van der Waals surface area contributed by atoms with Crippen LogP contribution in [0.3, 0.4) is 0 Å². The molecular formula is C18H21N3O3. The van der Waals surface area contributed by atoms with Crippen LogP contribution in [0, 0.1) is 5.92 Å². The molecule has 0 unspecified atom stereocenters. The lowest BCUT2D eigenvalue weighted by Gasteiger charge is -2.16. The zero-order valence-corrected chi connectivity index (χ0v) is 13.8. The molecule has 6 heteroatoms. The van der Waals surface area contributed by atoms with Crippen LogP contribution >= 0.6 is 0 Å². The van der Waals surface area contributed by atoms with Crippen LogP contribution in [0.5, 0.6) is 0 Å². The van der Waals surface area contributed by atoms with Gasteiger partial charge in [0.05, 0.1) is 6.54 Å². The number of carbonyl (C=O) groups excluding carboxylic acids is 2. The Bertz CT molecular complexity index is 751. The van der Waals surface area contributed by atoms with Gasteiger partial charge in [-0.25, -0.2) is 4.79 Å². The highest BCUT2D eigenvalue weighted by Gasteiger charge is 2.36. The van der Waals surface area contributed by atoms with Gasteiger partial charge in [0.1, 0.15) is 11.5 Å². The van der Waals surface area contributed by atoms with Crippen LogP contribution in [0.15, 0.2) is 40.8 Å². The number of urea groups is 1. The smallest absolute Gasteiger partial charge is 0.316 e. The first-order valence-corrected chi connectivity index (χ1v) is 7.94. The molecule has 2 aromatic rings. The Hall–Kier alpha value is -2.76. The summed E-state index contributed by atoms with van der Waals surface area (Å²) in [6, 6.07) is 9.91. The number of nitrogens with two attached hydrogens (primary N) is 1. The highest BCUT2D eigenvalue weighted by Crippen LogP contribution is 2.47. The fraction of sp³-hybridized carbons (Fsp3) is 0.333. The molecule has 3 rings (SSSR count). The summed E-state index contributed by atoms with van der Waals surface area (Å²) in [7, 11) is 1.74. The van der Waals surface area contributed by atoms with E-state index in [9.17, 15) is 9.59 Å². The maximum Gasteiger partial charge on any atom is 0.316 e. The van der Waals surface area contributed by atoms with Gasteiger partial charge in [0.2, 0.25) is 0 Å². The number of nitrogens with zero attached hydrogens (tertiary/aromatic N) is 1. The van der Waals surface area contributed by atoms with E-state index in [0.717, 1.165) is 11.5 Å². The van der Waals surface area contributed by atoms with Crippen LogP contribution in [0.4, 0.5) is 10.5 Å². The molecule has 0 aliphatic heterocycles. The second kappa shape index (κ2) is 6.39. The second-order valence-corrected chi connectivity index (χ2v) is 6.35. The lowest BCUT2D eigenvalue weighted by atomic mass is 10.2. The number of anilines is 1. The topological polar surface area (TPSA) is 88.6 Å². The van der Waals surface area contributed by atoms with Crippen molar-refractivity contribution in [2.24, 2.45) is 11.7 Å². The van der Waals surface area contributed by atoms with Gasteiger partial charge in [0.15, 0.2) is 0 Å². The Labute approximate surface area is 140 Å². The number of hydrogen-bond acceptors (Lipinski definition) is 3. The molecule has 1 fully saturated rings. The minimum absolute atomic E-state index is 0.113. The summed E-state index contributed by atoms with van der Waals surface area (Å²) in [5.41, 5.74) is 6.15. The van der Waals surface area contributed by atoms with Crippen LogP contribution < -0.4 is 11.1 Å². The number of primary amides is 1. The van der Waals surface area contributed by atoms with Crippen LogP contribution in [0.1, 0.15) is 41.1 Å². The minimum Gasteiger partial charge on any atom is -0.464 e. The molecule has 1 aliphatic rings. The van der Waals surface area contributed by atoms with E-state index in [0.29, 0.717) is 29.6 Å². The van der Waals surface area contributed by atoms with Gasteiger partial charge in [-0.3, -0.25) is 4.79 Å². The van der Waals surface area contributed by atoms with Crippen LogP contribution in [0.2, 0.25) is 0 Å². The standard InChI is InChI=1S/C18H21N3O3/c1-11-9-15(11)16-8-7-14(24-16)10-21(2)17(22)12-3-5-13(6-4-12)20-18(19)23/h3-8,11,15H,9-10H2,1-2H3,(H3,19,20,23)/t11-,15-/m0/s1. The van der Waals surface area contributed by atoms with E-state index in [1.165, 1.54) is 6.42 Å². The highest BCUT2D eigenvalue weighted by molar-refractivity contribution is 5.95. The zero-order chi connectivity index (χ0) is 17.3. The molecule has 1 saturated carbocycles. The van der Waals surface area contributed by atoms with Crippen molar-refractivity contribution in [3.05, 3.63) is 53.5 Å². The average Bonchev–Trinajstić information content (AvgIpc) is 3.09. The van der Waals surface area contributed by atoms with E-state index in [1.807, 2.05) is 12.1 Å². The van der Waals surface area contributed by atoms with E-state index in [4.69, 9.17) is 10.2 Å². The van der Waals surface area contributed by atoms with Gasteiger partial charge in [-0.05, 0) is 48.7 Å². The number of amides is 3. The lowest BCUT2D eigenvalue weighted by molar-refractivity contribution is 0.0775. The van der Waals surface area contributed by atoms with Gasteiger partial charge in [-0.15, -0.1) is 0 Å². The van der Waals surface area contributed by atoms with Gasteiger partial charge in [0.25, 0.3) is 5.91 Å². The van der Waals surface area contributed by atoms with Crippen molar-refractivity contribution in [1.82, 2.24) is 4.90 Å². The summed E-state index contributed by atoms with van der Waals surface area (Å²) >= 11 is 0. The zero-order valence-electron chi connectivity index (χ0n) is 13.8. The van der Waals surface area contributed by atoms with Crippen molar-refractivity contribution in [2.75, 3.05) is 12.4 Å². The molecule has 3 amide bonds. The number of benzene rings is 1. The molecule has 1 heterocycles. The van der Waals surface area contributed by atoms with Crippen molar-refractivity contribution in [2.45, 2.75) is 25.8 Å². The molecule has 3 N–H and O–H groups in total. The molecule has 24 heavy (non-hydrogen) atoms. The molecule has 1 aromatic carbocycles. The number of carbonyl (C=O) groups is 2. The molecule has 0 radical (unpaired) electrons. The van der Waals surface area contributed by atoms with Gasteiger partial charge < -0.3 is 20.4 Å². The van der Waals surface area contributed by atoms with Crippen molar-refractivity contribution < 1.29 is 14.0 Å². The maximum atomic E-state index is 12.5. The Morgan fingerprint density at radius 2 is 1.92 bits per heavy atom. The van der Waals surface area contributed by atoms with Gasteiger partial charge in [0, 0.05) is 24.2 Å². The first kappa shape index (κ1) is 16.1. The maximum absolute atomic E-state index is 12.5. The minimum atomic E-state index is -0.634. The Balaban J connectivity index is 1.61. The normalized spacial score (nSPS) is 18.9. The molecule has 0 saturated heterocycles. The van der Waals surface area contributed by atoms with Crippen molar-refractivity contribution in [3.8, 4) is 0 Å². The fourth-order valence-corrected chi connectivity index (χ4v) is 2.76. The van der Waals surface area contributed by atoms with Crippen LogP contribution in [-0.4, -0.2) is 23.9 Å². The predicted molar refractivity (Wildman–Crippen MR) is 90.7 cm³/mol. The molecule has 126 valence electrons. The number of nitrogens with one attached hydrogen (secondary N) is 1. The lowest BCUT2D eigenvalue weighted by Crippen LogP contribution is -2.26. The molecular weight excluding hydrogens is 306 g/mol. The van der Waals surface area contributed by atoms with Gasteiger partial charge in [-0.1, -0.05) is 6.92 Å². The molecule has 1 aliphatic carbocycles. The quantitative estimate of drug-likeness (QED) is 0.884. The molecule has 6 nitrogen and oxygen atoms in total. The monoisotopic (exact) mass is 327 g/mol. The van der Waals surface area contributed by atoms with E-state index in [1.54, 1.807) is 36.2 Å². The Kier molecular flexibility index (Phi) is 4.29. The third kappa shape index (κ3) is 3.59. The SMILES string of the molecule is C[C@H]1C[C@@H]1c1ccc(CN(C)C(=O)c2ccc(NC(N)=O)cc2)o1. The summed E-state index contributed by atoms with van der Waals surface area (Å²) in [5.74, 6) is 2.91. The summed E-state index contributed by atoms with van der Waals surface area (Å²) in [5, 5.41) is 2.46. The van der Waals surface area contributed by atoms with Crippen LogP contribution in [-0.2, 0) is 6.54 Å². The average molecular weight is 327 g/mol. The van der Waals surface area contributed by atoms with Crippen molar-refractivity contribution >= 4 is 17.6 Å². The summed E-state index contributed by atoms with van der Waals surface area (Å²) < 4.78 is 5.84. The molecule has 0 bridgehead atoms. The third-order valence-electron chi connectivity index (χ3n) is 4.30. The molecule has 1 aromatic heterocycles. The largest absolute Gasteiger partial charge is 0.464 e. The second-order valence-electron chi connectivity index (χ2n) is 6.35. The number of hydrogen-bond donors (Lipinski definition) is 2. The Morgan fingerprint density at radius 1 is 1.25 bits per heavy atom. The van der Waals surface area contributed by atoms with Crippen molar-refractivity contribution in [3.63, 3.8) is 0 Å². The van der Waals surface area contributed by atoms with Gasteiger partial charge in [-0.2, -0.15) is 0 Å². The number of furan rings is 1. The van der Waals surface area contributed by atoms with Crippen LogP contribution in [0.25, 0.3) is 0 Å².